The Morgan fingerprint density at radius 3 is 2.50 bits per heavy atom. The van der Waals surface area contributed by atoms with E-state index in [4.69, 9.17) is 8.85 Å². The van der Waals surface area contributed by atoms with Gasteiger partial charge in [-0.2, -0.15) is 0 Å². The van der Waals surface area contributed by atoms with E-state index in [0.717, 1.165) is 16.8 Å². The first-order valence-corrected chi connectivity index (χ1v) is 10.3. The minimum atomic E-state index is -1.89. The topological polar surface area (TPSA) is 41.6 Å². The maximum absolute atomic E-state index is 13.4. The van der Waals surface area contributed by atoms with E-state index in [0.29, 0.717) is 17.7 Å². The minimum absolute atomic E-state index is 0.0572. The fourth-order valence-electron chi connectivity index (χ4n) is 3.56. The van der Waals surface area contributed by atoms with E-state index in [1.807, 2.05) is 46.8 Å². The number of hydrogen-bond donors (Lipinski definition) is 1. The number of benzene rings is 2. The number of carbonyl (C=O) groups excluding carboxylic acids is 1. The molecule has 1 fully saturated rings. The van der Waals surface area contributed by atoms with Crippen molar-refractivity contribution in [3.05, 3.63) is 58.9 Å². The highest BCUT2D eigenvalue weighted by Crippen LogP contribution is 2.31. The molecule has 1 N–H and O–H groups in total. The van der Waals surface area contributed by atoms with Crippen LogP contribution in [0.5, 0.6) is 0 Å². The molecule has 1 amide bonds. The largest absolute Gasteiger partial charge is 0.372 e. The van der Waals surface area contributed by atoms with Crippen LogP contribution in [0.4, 0.5) is 15.8 Å². The van der Waals surface area contributed by atoms with Crippen molar-refractivity contribution in [3.63, 3.8) is 0 Å². The maximum atomic E-state index is 13.4. The second-order valence-electron chi connectivity index (χ2n) is 9.01. The lowest BCUT2D eigenvalue weighted by atomic mass is 9.92. The molecule has 3 rings (SSSR count). The van der Waals surface area contributed by atoms with Gasteiger partial charge in [0.25, 0.3) is 0 Å². The van der Waals surface area contributed by atoms with E-state index in [1.54, 1.807) is 4.90 Å². The first-order chi connectivity index (χ1) is 15.2. The Hall–Kier alpha value is -2.40. The first-order valence-electron chi connectivity index (χ1n) is 11.8. The molecule has 162 valence electrons. The molecule has 1 atom stereocenters. The molecule has 4 nitrogen and oxygen atoms in total. The monoisotopic (exact) mass is 415 g/mol. The molecule has 1 aliphatic heterocycles. The van der Waals surface area contributed by atoms with Crippen LogP contribution in [0.15, 0.2) is 36.4 Å². The molecule has 0 saturated carbocycles. The third kappa shape index (κ3) is 5.82. The van der Waals surface area contributed by atoms with Gasteiger partial charge >= 0.3 is 0 Å². The van der Waals surface area contributed by atoms with E-state index >= 15 is 0 Å². The van der Waals surface area contributed by atoms with Crippen molar-refractivity contribution in [1.29, 1.82) is 0 Å². The summed E-state index contributed by atoms with van der Waals surface area (Å²) in [7, 11) is 0. The summed E-state index contributed by atoms with van der Waals surface area (Å²) in [5.41, 5.74) is 3.37. The van der Waals surface area contributed by atoms with Crippen LogP contribution < -0.4 is 10.2 Å². The number of hydrogen-bond acceptors (Lipinski definition) is 3. The molecule has 30 heavy (non-hydrogen) atoms. The molecule has 1 saturated heterocycles. The summed E-state index contributed by atoms with van der Waals surface area (Å²) in [4.78, 5) is 14.1. The summed E-state index contributed by atoms with van der Waals surface area (Å²) >= 11 is 0. The van der Waals surface area contributed by atoms with Crippen molar-refractivity contribution in [1.82, 2.24) is 0 Å². The van der Waals surface area contributed by atoms with Crippen molar-refractivity contribution in [2.75, 3.05) is 29.9 Å². The van der Waals surface area contributed by atoms with Gasteiger partial charge < -0.3 is 15.0 Å². The number of anilines is 2. The Morgan fingerprint density at radius 2 is 1.90 bits per heavy atom. The van der Waals surface area contributed by atoms with Gasteiger partial charge in [0.15, 0.2) is 0 Å². The van der Waals surface area contributed by atoms with E-state index in [-0.39, 0.29) is 30.9 Å². The maximum Gasteiger partial charge on any atom is 0.224 e. The number of nitrogens with zero attached hydrogens (tertiary/aromatic N) is 1. The molecule has 5 heteroatoms. The van der Waals surface area contributed by atoms with Gasteiger partial charge in [0.05, 0.1) is 14.1 Å². The van der Waals surface area contributed by atoms with Gasteiger partial charge in [0.2, 0.25) is 5.91 Å². The Morgan fingerprint density at radius 1 is 1.27 bits per heavy atom. The van der Waals surface area contributed by atoms with E-state index in [2.05, 4.69) is 5.32 Å². The van der Waals surface area contributed by atoms with Gasteiger partial charge in [-0.25, -0.2) is 4.39 Å². The summed E-state index contributed by atoms with van der Waals surface area (Å²) < 4.78 is 45.5. The molecular weight excluding hydrogens is 379 g/mol. The molecular formula is C25H33FN2O2. The van der Waals surface area contributed by atoms with Gasteiger partial charge in [-0.1, -0.05) is 32.9 Å². The van der Waals surface area contributed by atoms with Crippen molar-refractivity contribution >= 4 is 17.3 Å². The molecule has 2 aromatic carbocycles. The smallest absolute Gasteiger partial charge is 0.224 e. The second kappa shape index (κ2) is 9.17. The first kappa shape index (κ1) is 18.4. The van der Waals surface area contributed by atoms with Crippen LogP contribution in [0.2, 0.25) is 0 Å². The SMILES string of the molecule is [2H]C1(c2ccc(F)cc2)CC([2H])([2H])N(c2cc(C)c(NC(=O)CC(C)(C)C)c(C)c2)CCO1. The molecule has 1 unspecified atom stereocenters. The number of halogens is 1. The van der Waals surface area contributed by atoms with Gasteiger partial charge in [-0.3, -0.25) is 4.79 Å². The fraction of sp³-hybridized carbons (Fsp3) is 0.480. The Bertz CT molecular complexity index is 998. The lowest BCUT2D eigenvalue weighted by Gasteiger charge is -2.25. The second-order valence-corrected chi connectivity index (χ2v) is 9.01. The lowest BCUT2D eigenvalue weighted by molar-refractivity contribution is -0.117. The third-order valence-corrected chi connectivity index (χ3v) is 4.97. The highest BCUT2D eigenvalue weighted by atomic mass is 19.1. The van der Waals surface area contributed by atoms with E-state index < -0.39 is 18.4 Å². The standard InChI is InChI=1S/C25H33FN2O2/c1-17-14-21(15-18(2)24(17)27-23(29)16-25(3,4)5)28-11-10-22(30-13-12-28)19-6-8-20(26)9-7-19/h6-9,14-15,22H,10-13,16H2,1-5H3,(H,27,29)/i11D2,22D. The lowest BCUT2D eigenvalue weighted by Crippen LogP contribution is -2.26. The van der Waals surface area contributed by atoms with Crippen molar-refractivity contribution in [3.8, 4) is 0 Å². The number of ether oxygens (including phenoxy) is 1. The predicted molar refractivity (Wildman–Crippen MR) is 121 cm³/mol. The van der Waals surface area contributed by atoms with Crippen molar-refractivity contribution < 1.29 is 18.0 Å². The van der Waals surface area contributed by atoms with Crippen molar-refractivity contribution in [2.24, 2.45) is 5.41 Å². The van der Waals surface area contributed by atoms with Gasteiger partial charge in [0.1, 0.15) is 5.82 Å². The van der Waals surface area contributed by atoms with E-state index in [1.165, 1.54) is 24.3 Å². The Labute approximate surface area is 183 Å². The average Bonchev–Trinajstić information content (AvgIpc) is 2.78. The highest BCUT2D eigenvalue weighted by molar-refractivity contribution is 5.93. The summed E-state index contributed by atoms with van der Waals surface area (Å²) in [6.45, 7) is 8.32. The Balaban J connectivity index is 1.87. The van der Waals surface area contributed by atoms with Crippen LogP contribution in [0.25, 0.3) is 0 Å². The number of amides is 1. The molecule has 0 spiro atoms. The zero-order valence-electron chi connectivity index (χ0n) is 21.4. The highest BCUT2D eigenvalue weighted by Gasteiger charge is 2.21. The summed E-state index contributed by atoms with van der Waals surface area (Å²) in [5, 5.41) is 3.00. The van der Waals surface area contributed by atoms with Crippen LogP contribution in [0, 0.1) is 25.1 Å². The molecule has 0 radical (unpaired) electrons. The molecule has 0 bridgehead atoms. The molecule has 0 aromatic heterocycles. The zero-order chi connectivity index (χ0) is 24.6. The number of aryl methyl sites for hydroxylation is 2. The molecule has 1 aliphatic rings. The number of nitrogens with one attached hydrogen (secondary N) is 1. The number of rotatable bonds is 4. The Kier molecular flexibility index (Phi) is 5.62. The number of carbonyl (C=O) groups is 1. The predicted octanol–water partition coefficient (Wildman–Crippen LogP) is 5.79. The van der Waals surface area contributed by atoms with Crippen molar-refractivity contribution in [2.45, 2.75) is 53.5 Å². The van der Waals surface area contributed by atoms with Crippen LogP contribution in [-0.2, 0) is 9.53 Å². The minimum Gasteiger partial charge on any atom is -0.372 e. The van der Waals surface area contributed by atoms with Crippen LogP contribution in [0.3, 0.4) is 0 Å². The van der Waals surface area contributed by atoms with Crippen LogP contribution >= 0.6 is 0 Å². The van der Waals surface area contributed by atoms with E-state index in [9.17, 15) is 9.18 Å². The normalized spacial score (nSPS) is 23.1. The molecule has 0 aliphatic carbocycles. The third-order valence-electron chi connectivity index (χ3n) is 4.97. The van der Waals surface area contributed by atoms with Crippen LogP contribution in [0.1, 0.15) is 60.5 Å². The zero-order valence-corrected chi connectivity index (χ0v) is 18.4. The van der Waals surface area contributed by atoms with Gasteiger partial charge in [0, 0.05) is 33.6 Å². The van der Waals surface area contributed by atoms with Gasteiger partial charge in [-0.15, -0.1) is 0 Å². The fourth-order valence-corrected chi connectivity index (χ4v) is 3.56. The molecule has 2 aromatic rings. The summed E-state index contributed by atoms with van der Waals surface area (Å²) in [5.74, 6) is -0.473. The molecule has 1 heterocycles. The average molecular weight is 416 g/mol. The van der Waals surface area contributed by atoms with Gasteiger partial charge in [-0.05, 0) is 66.6 Å². The summed E-state index contributed by atoms with van der Waals surface area (Å²) in [6.07, 6.45) is -1.47. The van der Waals surface area contributed by atoms with Crippen LogP contribution in [-0.4, -0.2) is 25.6 Å². The summed E-state index contributed by atoms with van der Waals surface area (Å²) in [6, 6.07) is 9.16. The quantitative estimate of drug-likeness (QED) is 0.688.